The monoisotopic (exact) mass is 402 g/mol. The number of H-pyrrole nitrogens is 1. The zero-order chi connectivity index (χ0) is 19.7. The molecule has 2 N–H and O–H groups in total. The van der Waals surface area contributed by atoms with Crippen LogP contribution in [0, 0.1) is 0 Å². The molecule has 1 aromatic carbocycles. The number of nitrogens with zero attached hydrogens (tertiary/aromatic N) is 2. The lowest BCUT2D eigenvalue weighted by atomic mass is 10.3. The van der Waals surface area contributed by atoms with Gasteiger partial charge in [0.1, 0.15) is 10.4 Å². The summed E-state index contributed by atoms with van der Waals surface area (Å²) in [6.07, 6.45) is 3.35. The molecule has 8 nitrogen and oxygen atoms in total. The summed E-state index contributed by atoms with van der Waals surface area (Å²) in [7, 11) is -0.963. The highest BCUT2D eigenvalue weighted by molar-refractivity contribution is 7.91. The van der Waals surface area contributed by atoms with E-state index >= 15 is 0 Å². The highest BCUT2D eigenvalue weighted by atomic mass is 32.2. The van der Waals surface area contributed by atoms with E-state index in [0.29, 0.717) is 16.8 Å². The topological polar surface area (TPSA) is 96.5 Å². The fraction of sp³-hybridized carbons (Fsp3) is 0.316. The molecule has 4 rings (SSSR count). The van der Waals surface area contributed by atoms with Gasteiger partial charge < -0.3 is 24.7 Å². The van der Waals surface area contributed by atoms with Gasteiger partial charge in [0.15, 0.2) is 11.5 Å². The Morgan fingerprint density at radius 1 is 1.07 bits per heavy atom. The molecule has 0 radical (unpaired) electrons. The molecule has 0 spiro atoms. The molecule has 9 heteroatoms. The Kier molecular flexibility index (Phi) is 4.86. The van der Waals surface area contributed by atoms with Crippen molar-refractivity contribution in [2.75, 3.05) is 45.3 Å². The van der Waals surface area contributed by atoms with Crippen LogP contribution in [0.5, 0.6) is 11.5 Å². The number of rotatable bonds is 5. The van der Waals surface area contributed by atoms with Crippen molar-refractivity contribution >= 4 is 26.6 Å². The Balaban J connectivity index is 1.86. The molecule has 0 unspecified atom stereocenters. The number of anilines is 1. The number of hydrogen-bond acceptors (Lipinski definition) is 7. The molecule has 2 aromatic heterocycles. The van der Waals surface area contributed by atoms with Gasteiger partial charge in [-0.3, -0.25) is 4.98 Å². The minimum absolute atomic E-state index is 0.0557. The molecule has 1 aliphatic heterocycles. The van der Waals surface area contributed by atoms with Crippen molar-refractivity contribution in [2.24, 2.45) is 0 Å². The second-order valence-electron chi connectivity index (χ2n) is 6.44. The van der Waals surface area contributed by atoms with Gasteiger partial charge in [-0.25, -0.2) is 8.42 Å². The standard InChI is InChI=1S/C19H22N4O4S/c1-26-14-4-3-5-16(19(14)27-2)28(24,25)15-6-7-21-17-13(12-22-18(15)17)23-10-8-20-9-11-23/h3-7,12,20,22H,8-11H2,1-2H3. The number of methoxy groups -OCH3 is 2. The number of nitrogens with one attached hydrogen (secondary N) is 2. The molecule has 0 amide bonds. The van der Waals surface area contributed by atoms with Gasteiger partial charge in [-0.2, -0.15) is 0 Å². The van der Waals surface area contributed by atoms with Crippen LogP contribution in [-0.4, -0.2) is 58.8 Å². The summed E-state index contributed by atoms with van der Waals surface area (Å²) in [5.74, 6) is 0.547. The van der Waals surface area contributed by atoms with Crippen LogP contribution in [0.2, 0.25) is 0 Å². The lowest BCUT2D eigenvalue weighted by molar-refractivity contribution is 0.347. The molecule has 148 valence electrons. The number of para-hydroxylation sites is 1. The van der Waals surface area contributed by atoms with E-state index in [2.05, 4.69) is 20.2 Å². The zero-order valence-corrected chi connectivity index (χ0v) is 16.5. The van der Waals surface area contributed by atoms with Crippen molar-refractivity contribution in [3.63, 3.8) is 0 Å². The number of pyridine rings is 1. The third-order valence-corrected chi connectivity index (χ3v) is 6.73. The Hall–Kier alpha value is -2.78. The van der Waals surface area contributed by atoms with Gasteiger partial charge in [-0.15, -0.1) is 0 Å². The van der Waals surface area contributed by atoms with Crippen molar-refractivity contribution in [1.82, 2.24) is 15.3 Å². The second kappa shape index (κ2) is 7.33. The van der Waals surface area contributed by atoms with Crippen molar-refractivity contribution < 1.29 is 17.9 Å². The Morgan fingerprint density at radius 2 is 1.86 bits per heavy atom. The van der Waals surface area contributed by atoms with Crippen molar-refractivity contribution in [2.45, 2.75) is 9.79 Å². The van der Waals surface area contributed by atoms with Crippen LogP contribution in [-0.2, 0) is 9.84 Å². The summed E-state index contributed by atoms with van der Waals surface area (Å²) in [6.45, 7) is 3.45. The van der Waals surface area contributed by atoms with Crippen LogP contribution in [0.15, 0.2) is 46.5 Å². The minimum atomic E-state index is -3.87. The summed E-state index contributed by atoms with van der Waals surface area (Å²) in [5, 5.41) is 3.31. The van der Waals surface area contributed by atoms with Crippen LogP contribution in [0.25, 0.3) is 11.0 Å². The maximum atomic E-state index is 13.5. The molecule has 0 bridgehead atoms. The first-order valence-corrected chi connectivity index (χ1v) is 10.4. The highest BCUT2D eigenvalue weighted by Crippen LogP contribution is 2.39. The third kappa shape index (κ3) is 2.96. The molecule has 1 aliphatic rings. The summed E-state index contributed by atoms with van der Waals surface area (Å²) in [6, 6.07) is 6.32. The van der Waals surface area contributed by atoms with E-state index in [9.17, 15) is 8.42 Å². The minimum Gasteiger partial charge on any atom is -0.493 e. The van der Waals surface area contributed by atoms with E-state index < -0.39 is 9.84 Å². The largest absolute Gasteiger partial charge is 0.493 e. The number of fused-ring (bicyclic) bond motifs is 1. The van der Waals surface area contributed by atoms with Crippen LogP contribution < -0.4 is 19.7 Å². The normalized spacial score (nSPS) is 15.0. The first-order chi connectivity index (χ1) is 13.6. The zero-order valence-electron chi connectivity index (χ0n) is 15.7. The number of aromatic amines is 1. The average molecular weight is 402 g/mol. The van der Waals surface area contributed by atoms with E-state index in [4.69, 9.17) is 9.47 Å². The van der Waals surface area contributed by atoms with Crippen molar-refractivity contribution in [3.8, 4) is 11.5 Å². The number of sulfone groups is 1. The maximum Gasteiger partial charge on any atom is 0.212 e. The van der Waals surface area contributed by atoms with Crippen LogP contribution >= 0.6 is 0 Å². The molecule has 0 saturated carbocycles. The first kappa shape index (κ1) is 18.6. The predicted octanol–water partition coefficient (Wildman–Crippen LogP) is 1.82. The SMILES string of the molecule is COc1cccc(S(=O)(=O)c2ccnc3c(N4CCNCC4)c[nH]c23)c1OC. The molecule has 0 atom stereocenters. The highest BCUT2D eigenvalue weighted by Gasteiger charge is 2.28. The van der Waals surface area contributed by atoms with Crippen LogP contribution in [0.3, 0.4) is 0 Å². The summed E-state index contributed by atoms with van der Waals surface area (Å²) < 4.78 is 37.5. The summed E-state index contributed by atoms with van der Waals surface area (Å²) >= 11 is 0. The third-order valence-electron chi connectivity index (χ3n) is 4.91. The van der Waals surface area contributed by atoms with E-state index in [0.717, 1.165) is 31.9 Å². The number of piperazine rings is 1. The van der Waals surface area contributed by atoms with Gasteiger partial charge in [-0.1, -0.05) is 6.07 Å². The van der Waals surface area contributed by atoms with E-state index in [1.54, 1.807) is 12.1 Å². The van der Waals surface area contributed by atoms with Gasteiger partial charge in [0.25, 0.3) is 0 Å². The van der Waals surface area contributed by atoms with Crippen LogP contribution in [0.4, 0.5) is 5.69 Å². The molecule has 1 saturated heterocycles. The molecular formula is C19H22N4O4S. The first-order valence-electron chi connectivity index (χ1n) is 8.95. The van der Waals surface area contributed by atoms with E-state index in [1.807, 2.05) is 6.20 Å². The molecule has 0 aliphatic carbocycles. The second-order valence-corrected chi connectivity index (χ2v) is 8.33. The van der Waals surface area contributed by atoms with Gasteiger partial charge in [0.2, 0.25) is 9.84 Å². The Morgan fingerprint density at radius 3 is 2.57 bits per heavy atom. The smallest absolute Gasteiger partial charge is 0.212 e. The predicted molar refractivity (Wildman–Crippen MR) is 106 cm³/mol. The van der Waals surface area contributed by atoms with Gasteiger partial charge >= 0.3 is 0 Å². The van der Waals surface area contributed by atoms with Gasteiger partial charge in [0, 0.05) is 38.6 Å². The molecular weight excluding hydrogens is 380 g/mol. The number of benzene rings is 1. The Labute approximate surface area is 163 Å². The van der Waals surface area contributed by atoms with Crippen molar-refractivity contribution in [1.29, 1.82) is 0 Å². The molecule has 1 fully saturated rings. The molecule has 3 aromatic rings. The maximum absolute atomic E-state index is 13.5. The van der Waals surface area contributed by atoms with Crippen LogP contribution in [0.1, 0.15) is 0 Å². The molecule has 28 heavy (non-hydrogen) atoms. The summed E-state index contributed by atoms with van der Waals surface area (Å²) in [4.78, 5) is 9.98. The Bertz CT molecular complexity index is 1100. The number of hydrogen-bond donors (Lipinski definition) is 2. The summed E-state index contributed by atoms with van der Waals surface area (Å²) in [5.41, 5.74) is 2.04. The van der Waals surface area contributed by atoms with E-state index in [-0.39, 0.29) is 15.5 Å². The van der Waals surface area contributed by atoms with Crippen molar-refractivity contribution in [3.05, 3.63) is 36.7 Å². The van der Waals surface area contributed by atoms with Gasteiger partial charge in [-0.05, 0) is 18.2 Å². The quantitative estimate of drug-likeness (QED) is 0.672. The average Bonchev–Trinajstić information content (AvgIpc) is 3.17. The fourth-order valence-electron chi connectivity index (χ4n) is 3.55. The lowest BCUT2D eigenvalue weighted by Crippen LogP contribution is -2.43. The molecule has 3 heterocycles. The number of ether oxygens (including phenoxy) is 2. The fourth-order valence-corrected chi connectivity index (χ4v) is 5.13. The lowest BCUT2D eigenvalue weighted by Gasteiger charge is -2.28. The number of aromatic nitrogens is 2. The van der Waals surface area contributed by atoms with E-state index in [1.165, 1.54) is 32.5 Å². The van der Waals surface area contributed by atoms with Gasteiger partial charge in [0.05, 0.1) is 30.3 Å².